The number of hydrogen-bond acceptors (Lipinski definition) is 3. The van der Waals surface area contributed by atoms with Crippen LogP contribution < -0.4 is 0 Å². The molecule has 21 heavy (non-hydrogen) atoms. The lowest BCUT2D eigenvalue weighted by Gasteiger charge is -2.25. The highest BCUT2D eigenvalue weighted by atomic mass is 35.5. The van der Waals surface area contributed by atoms with Crippen LogP contribution in [-0.2, 0) is 12.8 Å². The molecule has 2 aromatic heterocycles. The summed E-state index contributed by atoms with van der Waals surface area (Å²) in [6.07, 6.45) is 1.62. The van der Waals surface area contributed by atoms with Crippen LogP contribution >= 0.6 is 22.9 Å². The summed E-state index contributed by atoms with van der Waals surface area (Å²) in [5, 5.41) is 2.43. The number of rotatable bonds is 5. The van der Waals surface area contributed by atoms with Crippen molar-refractivity contribution in [2.24, 2.45) is 0 Å². The number of amides is 1. The van der Waals surface area contributed by atoms with E-state index in [0.29, 0.717) is 10.7 Å². The van der Waals surface area contributed by atoms with Gasteiger partial charge in [0.1, 0.15) is 5.15 Å². The molecule has 5 heteroatoms. The third-order valence-corrected chi connectivity index (χ3v) is 4.61. The van der Waals surface area contributed by atoms with E-state index in [1.165, 1.54) is 4.88 Å². The Hall–Kier alpha value is -1.39. The van der Waals surface area contributed by atoms with Gasteiger partial charge in [-0.1, -0.05) is 24.6 Å². The average Bonchev–Trinajstić information content (AvgIpc) is 2.97. The van der Waals surface area contributed by atoms with E-state index in [9.17, 15) is 4.79 Å². The van der Waals surface area contributed by atoms with Crippen LogP contribution in [0.1, 0.15) is 34.8 Å². The second kappa shape index (κ2) is 7.05. The molecular weight excluding hydrogens is 304 g/mol. The van der Waals surface area contributed by atoms with E-state index < -0.39 is 0 Å². The first-order valence-electron chi connectivity index (χ1n) is 6.97. The molecule has 0 aliphatic rings. The smallest absolute Gasteiger partial charge is 0.254 e. The fraction of sp³-hybridized carbons (Fsp3) is 0.375. The second-order valence-corrected chi connectivity index (χ2v) is 6.49. The summed E-state index contributed by atoms with van der Waals surface area (Å²) in [5.41, 5.74) is 1.44. The van der Waals surface area contributed by atoms with E-state index in [1.807, 2.05) is 26.1 Å². The Balaban J connectivity index is 2.13. The third-order valence-electron chi connectivity index (χ3n) is 3.51. The number of aromatic nitrogens is 1. The van der Waals surface area contributed by atoms with Crippen molar-refractivity contribution in [3.05, 3.63) is 50.9 Å². The molecule has 3 nitrogen and oxygen atoms in total. The summed E-state index contributed by atoms with van der Waals surface area (Å²) in [6.45, 7) is 4.05. The number of nitrogens with zero attached hydrogens (tertiary/aromatic N) is 2. The molecule has 2 rings (SSSR count). The summed E-state index contributed by atoms with van der Waals surface area (Å²) in [6, 6.07) is 7.72. The number of carbonyl (C=O) groups excluding carboxylic acids is 1. The molecule has 1 amide bonds. The predicted molar refractivity (Wildman–Crippen MR) is 88.2 cm³/mol. The molecule has 0 saturated carbocycles. The molecule has 2 aromatic rings. The van der Waals surface area contributed by atoms with Crippen LogP contribution in [0.25, 0.3) is 0 Å². The summed E-state index contributed by atoms with van der Waals surface area (Å²) in [7, 11) is 1.83. The number of aryl methyl sites for hydroxylation is 1. The van der Waals surface area contributed by atoms with Crippen molar-refractivity contribution in [1.82, 2.24) is 9.88 Å². The molecule has 0 bridgehead atoms. The van der Waals surface area contributed by atoms with E-state index in [4.69, 9.17) is 11.6 Å². The van der Waals surface area contributed by atoms with Gasteiger partial charge in [0, 0.05) is 35.6 Å². The number of halogens is 1. The number of thiophene rings is 1. The summed E-state index contributed by atoms with van der Waals surface area (Å²) in [4.78, 5) is 19.8. The van der Waals surface area contributed by atoms with Gasteiger partial charge in [-0.05, 0) is 36.9 Å². The minimum absolute atomic E-state index is 0.0157. The van der Waals surface area contributed by atoms with Crippen molar-refractivity contribution >= 4 is 28.8 Å². The normalized spacial score (nSPS) is 12.2. The van der Waals surface area contributed by atoms with E-state index >= 15 is 0 Å². The SMILES string of the molecule is CCc1cc(C(=O)N(C)C(C)Cc2cccs2)cc(Cl)n1. The van der Waals surface area contributed by atoms with Crippen LogP contribution in [0.2, 0.25) is 5.15 Å². The third kappa shape index (κ3) is 4.05. The van der Waals surface area contributed by atoms with Crippen molar-refractivity contribution in [3.8, 4) is 0 Å². The standard InChI is InChI=1S/C16H19ClN2OS/c1-4-13-9-12(10-15(17)18-13)16(20)19(3)11(2)8-14-6-5-7-21-14/h5-7,9-11H,4,8H2,1-3H3. The Labute approximate surface area is 134 Å². The van der Waals surface area contributed by atoms with Gasteiger partial charge in [-0.25, -0.2) is 4.98 Å². The molecular formula is C16H19ClN2OS. The molecule has 1 atom stereocenters. The fourth-order valence-electron chi connectivity index (χ4n) is 2.12. The first kappa shape index (κ1) is 16.0. The van der Waals surface area contributed by atoms with Crippen molar-refractivity contribution in [2.45, 2.75) is 32.7 Å². The Morgan fingerprint density at radius 2 is 2.24 bits per heavy atom. The van der Waals surface area contributed by atoms with Crippen LogP contribution in [0.4, 0.5) is 0 Å². The maximum Gasteiger partial charge on any atom is 0.254 e. The van der Waals surface area contributed by atoms with Crippen LogP contribution in [0, 0.1) is 0 Å². The van der Waals surface area contributed by atoms with Gasteiger partial charge in [0.25, 0.3) is 5.91 Å². The van der Waals surface area contributed by atoms with E-state index in [2.05, 4.69) is 23.4 Å². The number of likely N-dealkylation sites (N-methyl/N-ethyl adjacent to an activating group) is 1. The number of carbonyl (C=O) groups is 1. The Bertz CT molecular complexity index is 613. The van der Waals surface area contributed by atoms with Crippen molar-refractivity contribution in [3.63, 3.8) is 0 Å². The van der Waals surface area contributed by atoms with Gasteiger partial charge >= 0.3 is 0 Å². The zero-order chi connectivity index (χ0) is 15.4. The summed E-state index contributed by atoms with van der Waals surface area (Å²) >= 11 is 7.71. The Morgan fingerprint density at radius 1 is 1.48 bits per heavy atom. The minimum Gasteiger partial charge on any atom is -0.339 e. The average molecular weight is 323 g/mol. The van der Waals surface area contributed by atoms with Crippen LogP contribution in [0.15, 0.2) is 29.6 Å². The predicted octanol–water partition coefficient (Wildman–Crippen LogP) is 4.06. The molecule has 1 unspecified atom stereocenters. The van der Waals surface area contributed by atoms with Crippen LogP contribution in [-0.4, -0.2) is 28.9 Å². The molecule has 112 valence electrons. The molecule has 0 aliphatic heterocycles. The maximum absolute atomic E-state index is 12.6. The molecule has 0 radical (unpaired) electrons. The molecule has 0 spiro atoms. The summed E-state index contributed by atoms with van der Waals surface area (Å²) < 4.78 is 0. The molecule has 0 N–H and O–H groups in total. The maximum atomic E-state index is 12.6. The minimum atomic E-state index is -0.0157. The molecule has 0 aromatic carbocycles. The van der Waals surface area contributed by atoms with Gasteiger partial charge < -0.3 is 4.90 Å². The Kier molecular flexibility index (Phi) is 5.37. The van der Waals surface area contributed by atoms with Gasteiger partial charge in [0.15, 0.2) is 0 Å². The molecule has 0 aliphatic carbocycles. The zero-order valence-electron chi connectivity index (χ0n) is 12.5. The van der Waals surface area contributed by atoms with E-state index in [1.54, 1.807) is 22.3 Å². The van der Waals surface area contributed by atoms with E-state index in [0.717, 1.165) is 18.5 Å². The molecule has 0 saturated heterocycles. The van der Waals surface area contributed by atoms with Gasteiger partial charge in [-0.2, -0.15) is 0 Å². The van der Waals surface area contributed by atoms with Crippen molar-refractivity contribution < 1.29 is 4.79 Å². The van der Waals surface area contributed by atoms with Crippen molar-refractivity contribution in [2.75, 3.05) is 7.05 Å². The number of pyridine rings is 1. The van der Waals surface area contributed by atoms with E-state index in [-0.39, 0.29) is 11.9 Å². The highest BCUT2D eigenvalue weighted by Gasteiger charge is 2.19. The van der Waals surface area contributed by atoms with Gasteiger partial charge in [-0.3, -0.25) is 4.79 Å². The quantitative estimate of drug-likeness (QED) is 0.778. The van der Waals surface area contributed by atoms with Gasteiger partial charge in [0.05, 0.1) is 0 Å². The first-order chi connectivity index (χ1) is 10.0. The van der Waals surface area contributed by atoms with Gasteiger partial charge in [-0.15, -0.1) is 11.3 Å². The molecule has 2 heterocycles. The largest absolute Gasteiger partial charge is 0.339 e. The van der Waals surface area contributed by atoms with Crippen molar-refractivity contribution in [1.29, 1.82) is 0 Å². The highest BCUT2D eigenvalue weighted by Crippen LogP contribution is 2.17. The van der Waals surface area contributed by atoms with Crippen LogP contribution in [0.5, 0.6) is 0 Å². The fourth-order valence-corrected chi connectivity index (χ4v) is 3.17. The first-order valence-corrected chi connectivity index (χ1v) is 8.23. The lowest BCUT2D eigenvalue weighted by molar-refractivity contribution is 0.0743. The topological polar surface area (TPSA) is 33.2 Å². The Morgan fingerprint density at radius 3 is 2.86 bits per heavy atom. The summed E-state index contributed by atoms with van der Waals surface area (Å²) in [5.74, 6) is -0.0157. The second-order valence-electron chi connectivity index (χ2n) is 5.07. The van der Waals surface area contributed by atoms with Gasteiger partial charge in [0.2, 0.25) is 0 Å². The van der Waals surface area contributed by atoms with Crippen LogP contribution in [0.3, 0.4) is 0 Å². The molecule has 0 fully saturated rings. The lowest BCUT2D eigenvalue weighted by Crippen LogP contribution is -2.36. The number of hydrogen-bond donors (Lipinski definition) is 0. The zero-order valence-corrected chi connectivity index (χ0v) is 14.0. The monoisotopic (exact) mass is 322 g/mol. The highest BCUT2D eigenvalue weighted by molar-refractivity contribution is 7.09. The lowest BCUT2D eigenvalue weighted by atomic mass is 10.1.